The van der Waals surface area contributed by atoms with E-state index in [9.17, 15) is 0 Å². The molecule has 0 unspecified atom stereocenters. The Balaban J connectivity index is -0.00000000667. The van der Waals surface area contributed by atoms with Crippen LogP contribution in [0.5, 0.6) is 0 Å². The van der Waals surface area contributed by atoms with Crippen molar-refractivity contribution in [2.75, 3.05) is 0 Å². The van der Waals surface area contributed by atoms with Crippen molar-refractivity contribution < 1.29 is 114 Å². The minimum absolute atomic E-state index is 0. The van der Waals surface area contributed by atoms with Gasteiger partial charge < -0.3 is 29.5 Å². The summed E-state index contributed by atoms with van der Waals surface area (Å²) in [4.78, 5) is 0. The van der Waals surface area contributed by atoms with Crippen molar-refractivity contribution in [3.8, 4) is 0 Å². The van der Waals surface area contributed by atoms with Crippen molar-refractivity contribution in [2.45, 2.75) is 0 Å². The van der Waals surface area contributed by atoms with Gasteiger partial charge in [-0.1, -0.05) is 0 Å². The molecule has 0 nitrogen and oxygen atoms in total. The second-order valence-electron chi connectivity index (χ2n) is 0.0833. The summed E-state index contributed by atoms with van der Waals surface area (Å²) in [6.07, 6.45) is 0. The molecule has 0 N–H and O–H groups in total. The molecule has 0 bridgehead atoms. The van der Waals surface area contributed by atoms with Crippen LogP contribution >= 0.6 is 12.2 Å². The monoisotopic (exact) mass is 591 g/mol. The summed E-state index contributed by atoms with van der Waals surface area (Å²) in [5.41, 5.74) is 0. The van der Waals surface area contributed by atoms with Crippen molar-refractivity contribution >= 4 is 29.5 Å². The summed E-state index contributed by atoms with van der Waals surface area (Å²) >= 11 is 7.92. The smallest absolute Gasteiger partial charge is 0.692 e. The van der Waals surface area contributed by atoms with Gasteiger partial charge >= 0.3 is 51.4 Å². The van der Waals surface area contributed by atoms with Gasteiger partial charge in [0, 0.05) is 62.2 Å². The molecule has 0 fully saturated rings. The molecule has 5 heteroatoms. The molecule has 0 rings (SSSR count). The predicted molar refractivity (Wildman–Crippen MR) is 20.0 cm³/mol. The SMILES string of the molecule is S=[C-][S-].[K+].[U].[U]. The second kappa shape index (κ2) is 23.0. The van der Waals surface area contributed by atoms with E-state index >= 15 is 0 Å². The average Bonchev–Trinajstić information content (AvgIpc) is 0.918. The first-order valence-electron chi connectivity index (χ1n) is 0.408. The van der Waals surface area contributed by atoms with E-state index in [1.54, 1.807) is 0 Å². The molecule has 0 aromatic carbocycles. The first-order valence-corrected chi connectivity index (χ1v) is 1.22. The Hall–Kier alpha value is 4.05. The van der Waals surface area contributed by atoms with Crippen molar-refractivity contribution in [1.29, 1.82) is 0 Å². The van der Waals surface area contributed by atoms with Gasteiger partial charge in [0.05, 0.1) is 0 Å². The van der Waals surface area contributed by atoms with Crippen molar-refractivity contribution in [3.63, 3.8) is 0 Å². The molecule has 0 aliphatic rings. The molecule has 0 radical (unpaired) electrons. The Bertz CT molecular complexity index is 19.0. The van der Waals surface area contributed by atoms with Gasteiger partial charge in [-0.2, -0.15) is 0 Å². The summed E-state index contributed by atoms with van der Waals surface area (Å²) in [5.74, 6) is 0. The zero-order valence-electron chi connectivity index (χ0n) is 3.32. The fraction of sp³-hybridized carbons (Fsp3) is 0. The maximum atomic E-state index is 3.96. The van der Waals surface area contributed by atoms with E-state index in [4.69, 9.17) is 0 Å². The molecular formula is CKS2U2-. The van der Waals surface area contributed by atoms with Crippen LogP contribution in [0.2, 0.25) is 0 Å². The van der Waals surface area contributed by atoms with Crippen LogP contribution in [-0.4, -0.2) is 4.70 Å². The van der Waals surface area contributed by atoms with Crippen LogP contribution in [0, 0.1) is 62.2 Å². The molecule has 0 saturated heterocycles. The Morgan fingerprint density at radius 1 is 1.33 bits per heavy atom. The first kappa shape index (κ1) is 22.5. The molecule has 0 amide bonds. The quantitative estimate of drug-likeness (QED) is 0.131. The zero-order valence-corrected chi connectivity index (χ0v) is 16.4. The van der Waals surface area contributed by atoms with E-state index < -0.39 is 0 Å². The third-order valence-corrected chi connectivity index (χ3v) is 0. The molecule has 0 aromatic rings. The molecule has 0 aliphatic heterocycles. The van der Waals surface area contributed by atoms with Crippen molar-refractivity contribution in [3.05, 3.63) is 0 Å². The maximum absolute atomic E-state index is 3.96. The van der Waals surface area contributed by atoms with Crippen LogP contribution in [0.4, 0.5) is 0 Å². The third-order valence-electron chi connectivity index (χ3n) is 0. The van der Waals surface area contributed by atoms with Gasteiger partial charge in [0.25, 0.3) is 0 Å². The van der Waals surface area contributed by atoms with Crippen molar-refractivity contribution in [1.82, 2.24) is 0 Å². The predicted octanol–water partition coefficient (Wildman–Crippen LogP) is -2.63. The fourth-order valence-electron chi connectivity index (χ4n) is 0. The Morgan fingerprint density at radius 3 is 1.33 bits per heavy atom. The minimum atomic E-state index is 0. The van der Waals surface area contributed by atoms with E-state index in [1.807, 2.05) is 4.70 Å². The molecule has 0 atom stereocenters. The van der Waals surface area contributed by atoms with E-state index in [1.165, 1.54) is 0 Å². The second-order valence-corrected chi connectivity index (χ2v) is 0.750. The molecule has 6 heavy (non-hydrogen) atoms. The largest absolute Gasteiger partial charge is 1.00 e. The topological polar surface area (TPSA) is 0 Å². The molecule has 0 spiro atoms. The number of hydrogen-bond acceptors (Lipinski definition) is 2. The van der Waals surface area contributed by atoms with E-state index in [0.717, 1.165) is 0 Å². The number of thiocarbonyl (C=S) groups is 1. The van der Waals surface area contributed by atoms with Gasteiger partial charge in [-0.05, 0) is 0 Å². The molecular weight excluding hydrogens is 591 g/mol. The van der Waals surface area contributed by atoms with E-state index in [2.05, 4.69) is 24.8 Å². The van der Waals surface area contributed by atoms with Crippen LogP contribution in [0.3, 0.4) is 0 Å². The van der Waals surface area contributed by atoms with Crippen LogP contribution in [0.1, 0.15) is 0 Å². The Morgan fingerprint density at radius 2 is 1.33 bits per heavy atom. The molecule has 26 valence electrons. The summed E-state index contributed by atoms with van der Waals surface area (Å²) in [7, 11) is 0. The summed E-state index contributed by atoms with van der Waals surface area (Å²) in [5, 5.41) is 0. The average molecular weight is 591 g/mol. The van der Waals surface area contributed by atoms with Gasteiger partial charge in [0.1, 0.15) is 0 Å². The summed E-state index contributed by atoms with van der Waals surface area (Å²) in [6.45, 7) is 0. The van der Waals surface area contributed by atoms with Gasteiger partial charge in [0.2, 0.25) is 0 Å². The molecule has 0 heterocycles. The van der Waals surface area contributed by atoms with Crippen LogP contribution in [0.25, 0.3) is 0 Å². The molecule has 0 saturated carbocycles. The van der Waals surface area contributed by atoms with Crippen molar-refractivity contribution in [2.24, 2.45) is 0 Å². The standard InChI is InChI=1S/CS2.K.2U/c2-1-3;;;/q-2;+1;;. The summed E-state index contributed by atoms with van der Waals surface area (Å²) < 4.78 is 1.92. The van der Waals surface area contributed by atoms with Gasteiger partial charge in [-0.3, -0.25) is 0 Å². The van der Waals surface area contributed by atoms with Gasteiger partial charge in [-0.15, -0.1) is 0 Å². The number of hydrogen-bond donors (Lipinski definition) is 0. The van der Waals surface area contributed by atoms with E-state index in [-0.39, 0.29) is 114 Å². The normalized spacial score (nSPS) is 2.00. The maximum Gasteiger partial charge on any atom is 1.00 e. The summed E-state index contributed by atoms with van der Waals surface area (Å²) in [6, 6.07) is 0. The third kappa shape index (κ3) is 24.4. The Kier molecular flexibility index (Phi) is 86.2. The Labute approximate surface area is 139 Å². The van der Waals surface area contributed by atoms with Crippen LogP contribution in [-0.2, 0) is 12.6 Å². The minimum Gasteiger partial charge on any atom is -0.692 e. The van der Waals surface area contributed by atoms with Gasteiger partial charge in [0.15, 0.2) is 0 Å². The first-order chi connectivity index (χ1) is 1.41. The fourth-order valence-corrected chi connectivity index (χ4v) is 0. The van der Waals surface area contributed by atoms with Gasteiger partial charge in [-0.25, -0.2) is 0 Å². The molecule has 0 aromatic heterocycles. The molecule has 0 aliphatic carbocycles. The van der Waals surface area contributed by atoms with E-state index in [0.29, 0.717) is 0 Å². The zero-order chi connectivity index (χ0) is 2.71. The van der Waals surface area contributed by atoms with Crippen LogP contribution in [0.15, 0.2) is 0 Å². The van der Waals surface area contributed by atoms with Crippen LogP contribution < -0.4 is 51.4 Å². The number of rotatable bonds is 0.